The molecule has 282 valence electrons. The van der Waals surface area contributed by atoms with Crippen molar-refractivity contribution < 1.29 is 59.4 Å². The smallest absolute Gasteiger partial charge is 0.871 e. The van der Waals surface area contributed by atoms with Crippen LogP contribution in [0.5, 0.6) is 23.0 Å². The normalized spacial score (nSPS) is 11.5. The largest absolute Gasteiger partial charge is 2.00 e. The van der Waals surface area contributed by atoms with Gasteiger partial charge in [0.15, 0.2) is 0 Å². The fourth-order valence-corrected chi connectivity index (χ4v) is 7.13. The van der Waals surface area contributed by atoms with Crippen LogP contribution in [-0.2, 0) is 39.0 Å². The van der Waals surface area contributed by atoms with Crippen molar-refractivity contribution in [2.24, 2.45) is 20.0 Å². The van der Waals surface area contributed by atoms with Gasteiger partial charge < -0.3 is 20.4 Å². The molecule has 6 aromatic carbocycles. The molecule has 0 radical (unpaired) electrons. The first-order chi connectivity index (χ1) is 26.7. The Bertz CT molecular complexity index is 2480. The first-order valence-corrected chi connectivity index (χ1v) is 18.8. The molecule has 0 N–H and O–H groups in total. The number of hydrogen-bond donors (Lipinski definition) is 0. The zero-order valence-corrected chi connectivity index (χ0v) is 41.2. The van der Waals surface area contributed by atoms with Gasteiger partial charge in [-0.05, 0) is 106 Å². The van der Waals surface area contributed by atoms with Gasteiger partial charge in [-0.15, -0.1) is 0 Å². The van der Waals surface area contributed by atoms with E-state index >= 15 is 0 Å². The van der Waals surface area contributed by atoms with Gasteiger partial charge in [-0.1, -0.05) is 128 Å². The predicted molar refractivity (Wildman–Crippen MR) is 225 cm³/mol. The van der Waals surface area contributed by atoms with E-state index in [1.807, 2.05) is 0 Å². The quantitative estimate of drug-likeness (QED) is 0.105. The third-order valence-corrected chi connectivity index (χ3v) is 9.80. The van der Waals surface area contributed by atoms with E-state index in [4.69, 9.17) is 92.8 Å². The summed E-state index contributed by atoms with van der Waals surface area (Å²) < 4.78 is 0. The standard InChI is InChI=1S/C40H22Cl8N4O4.2Zn/c41-25-5-21(37(53)29(45)11-25)15-49-33-3-1-19(9-35(33)51-17-23-7-27(43)13-31(47)39(23)55)20-2-4-34(50-16-22-6-26(42)12-30(46)38(22)54)36(10-20)52-18-24-8-28(44)14-32(48)40(24)56;;/h1-18,53-56H;;/q;2*+2/p-4. The van der Waals surface area contributed by atoms with Crippen LogP contribution in [0.3, 0.4) is 0 Å². The van der Waals surface area contributed by atoms with Crippen LogP contribution >= 0.6 is 92.8 Å². The van der Waals surface area contributed by atoms with Gasteiger partial charge in [-0.2, -0.15) is 0 Å². The summed E-state index contributed by atoms with van der Waals surface area (Å²) in [5.74, 6) is -1.93. The van der Waals surface area contributed by atoms with Gasteiger partial charge in [0.05, 0.1) is 22.7 Å². The third-order valence-electron chi connectivity index (χ3n) is 7.80. The molecule has 0 saturated carbocycles. The van der Waals surface area contributed by atoms with E-state index in [0.29, 0.717) is 22.5 Å². The molecule has 0 bridgehead atoms. The molecule has 0 aliphatic carbocycles. The second-order valence-electron chi connectivity index (χ2n) is 11.7. The minimum atomic E-state index is -0.490. The number of rotatable bonds is 9. The van der Waals surface area contributed by atoms with Crippen molar-refractivity contribution in [1.82, 2.24) is 0 Å². The molecular weight excluding hydrogens is 1010 g/mol. The minimum Gasteiger partial charge on any atom is -0.871 e. The molecule has 0 spiro atoms. The Morgan fingerprint density at radius 1 is 0.328 bits per heavy atom. The Kier molecular flexibility index (Phi) is 17.0. The number of hydrogen-bond acceptors (Lipinski definition) is 8. The van der Waals surface area contributed by atoms with Crippen molar-refractivity contribution in [2.75, 3.05) is 0 Å². The van der Waals surface area contributed by atoms with E-state index < -0.39 is 23.0 Å². The van der Waals surface area contributed by atoms with E-state index in [0.717, 1.165) is 0 Å². The summed E-state index contributed by atoms with van der Waals surface area (Å²) in [7, 11) is 0. The van der Waals surface area contributed by atoms with Crippen molar-refractivity contribution in [3.8, 4) is 34.1 Å². The van der Waals surface area contributed by atoms with E-state index in [-0.39, 0.29) is 113 Å². The molecule has 0 heterocycles. The van der Waals surface area contributed by atoms with Crippen LogP contribution in [0.2, 0.25) is 40.2 Å². The summed E-state index contributed by atoms with van der Waals surface area (Å²) in [6.07, 6.45) is 5.19. The van der Waals surface area contributed by atoms with Gasteiger partial charge in [0.25, 0.3) is 0 Å². The molecule has 0 aromatic heterocycles. The van der Waals surface area contributed by atoms with Crippen molar-refractivity contribution in [3.05, 3.63) is 147 Å². The fraction of sp³-hybridized carbons (Fsp3) is 0. The molecule has 0 unspecified atom stereocenters. The van der Waals surface area contributed by atoms with Crippen LogP contribution in [-0.4, -0.2) is 24.9 Å². The predicted octanol–water partition coefficient (Wildman–Crippen LogP) is 11.9. The van der Waals surface area contributed by atoms with E-state index in [1.54, 1.807) is 36.4 Å². The Balaban J connectivity index is 0.00000372. The molecule has 8 nitrogen and oxygen atoms in total. The number of aliphatic imine (C=N–C) groups is 4. The average Bonchev–Trinajstić information content (AvgIpc) is 3.15. The van der Waals surface area contributed by atoms with Gasteiger partial charge in [-0.3, -0.25) is 20.0 Å². The van der Waals surface area contributed by atoms with Crippen molar-refractivity contribution in [3.63, 3.8) is 0 Å². The fourth-order valence-electron chi connectivity index (χ4n) is 5.09. The molecule has 0 fully saturated rings. The van der Waals surface area contributed by atoms with Crippen LogP contribution in [0.25, 0.3) is 11.1 Å². The molecule has 6 rings (SSSR count). The van der Waals surface area contributed by atoms with Gasteiger partial charge in [-0.25, -0.2) is 0 Å². The molecule has 6 aromatic rings. The maximum atomic E-state index is 12.8. The van der Waals surface area contributed by atoms with Crippen LogP contribution in [0, 0.1) is 0 Å². The summed E-state index contributed by atoms with van der Waals surface area (Å²) in [5.41, 5.74) is 2.85. The molecule has 0 aliphatic heterocycles. The van der Waals surface area contributed by atoms with Crippen molar-refractivity contribution >= 4 is 140 Å². The zero-order valence-electron chi connectivity index (χ0n) is 29.3. The summed E-state index contributed by atoms with van der Waals surface area (Å²) in [6.45, 7) is 0. The molecule has 0 atom stereocenters. The molecule has 0 aliphatic rings. The topological polar surface area (TPSA) is 142 Å². The summed E-state index contributed by atoms with van der Waals surface area (Å²) in [4.78, 5) is 18.1. The minimum absolute atomic E-state index is 0. The Hall–Kier alpha value is -3.23. The van der Waals surface area contributed by atoms with Crippen LogP contribution in [0.1, 0.15) is 22.3 Å². The van der Waals surface area contributed by atoms with E-state index in [1.165, 1.54) is 73.4 Å². The Labute approximate surface area is 397 Å². The summed E-state index contributed by atoms with van der Waals surface area (Å²) in [6, 6.07) is 21.1. The maximum absolute atomic E-state index is 12.8. The molecule has 0 amide bonds. The Morgan fingerprint density at radius 3 is 0.828 bits per heavy atom. The second kappa shape index (κ2) is 20.8. The summed E-state index contributed by atoms with van der Waals surface area (Å²) in [5, 5.41) is 51.4. The monoisotopic (exact) mass is 1030 g/mol. The average molecular weight is 1030 g/mol. The number of halogens is 8. The van der Waals surface area contributed by atoms with Crippen LogP contribution in [0.15, 0.2) is 105 Å². The van der Waals surface area contributed by atoms with E-state index in [2.05, 4.69) is 20.0 Å². The number of benzene rings is 6. The second-order valence-corrected chi connectivity index (χ2v) is 15.0. The van der Waals surface area contributed by atoms with Gasteiger partial charge in [0.2, 0.25) is 0 Å². The van der Waals surface area contributed by atoms with Gasteiger partial charge in [0, 0.05) is 65.0 Å². The van der Waals surface area contributed by atoms with Crippen molar-refractivity contribution in [2.45, 2.75) is 0 Å². The third kappa shape index (κ3) is 11.5. The zero-order chi connectivity index (χ0) is 40.3. The molecule has 0 saturated heterocycles. The van der Waals surface area contributed by atoms with Crippen molar-refractivity contribution in [1.29, 1.82) is 0 Å². The van der Waals surface area contributed by atoms with Gasteiger partial charge in [0.1, 0.15) is 0 Å². The maximum Gasteiger partial charge on any atom is 2.00 e. The first-order valence-electron chi connectivity index (χ1n) is 15.8. The molecule has 18 heteroatoms. The van der Waals surface area contributed by atoms with Crippen LogP contribution < -0.4 is 20.4 Å². The molecule has 58 heavy (non-hydrogen) atoms. The SMILES string of the molecule is [O-]c1c(Cl)cc(Cl)cc1C=Nc1ccc(-c2ccc(N=Cc3cc(Cl)cc(Cl)c3[O-])c(N=Cc3cc(Cl)cc(Cl)c3[O-])c2)cc1N=Cc1cc(Cl)cc(Cl)c1[O-].[Zn+2].[Zn+2]. The summed E-state index contributed by atoms with van der Waals surface area (Å²) >= 11 is 48.8. The van der Waals surface area contributed by atoms with Crippen LogP contribution in [0.4, 0.5) is 22.7 Å². The number of nitrogens with zero attached hydrogens (tertiary/aromatic N) is 4. The van der Waals surface area contributed by atoms with Gasteiger partial charge >= 0.3 is 39.0 Å². The first kappa shape index (κ1) is 47.4. The Morgan fingerprint density at radius 2 is 0.569 bits per heavy atom. The van der Waals surface area contributed by atoms with E-state index in [9.17, 15) is 20.4 Å². The molecular formula is C40H18Cl8N4O4Zn2.